The van der Waals surface area contributed by atoms with Gasteiger partial charge in [-0.2, -0.15) is 0 Å². The zero-order valence-corrected chi connectivity index (χ0v) is 12.6. The highest BCUT2D eigenvalue weighted by Crippen LogP contribution is 2.15. The molecule has 1 amide bonds. The van der Waals surface area contributed by atoms with Crippen LogP contribution in [0.15, 0.2) is 49.3 Å². The smallest absolute Gasteiger partial charge is 0.337 e. The maximum atomic E-state index is 11.7. The molecule has 1 heterocycles. The van der Waals surface area contributed by atoms with Crippen LogP contribution in [-0.2, 0) is 4.74 Å². The van der Waals surface area contributed by atoms with Crippen molar-refractivity contribution in [1.29, 1.82) is 0 Å². The summed E-state index contributed by atoms with van der Waals surface area (Å²) in [4.78, 5) is 31.2. The van der Waals surface area contributed by atoms with Crippen molar-refractivity contribution < 1.29 is 14.3 Å². The number of hydrogen-bond donors (Lipinski definition) is 2. The van der Waals surface area contributed by atoms with Crippen LogP contribution in [0.25, 0.3) is 0 Å². The summed E-state index contributed by atoms with van der Waals surface area (Å²) in [6, 6.07) is 6.72. The van der Waals surface area contributed by atoms with Crippen LogP contribution in [0, 0.1) is 0 Å². The topological polar surface area (TPSA) is 93.2 Å². The quantitative estimate of drug-likeness (QED) is 0.625. The van der Waals surface area contributed by atoms with Crippen molar-refractivity contribution in [1.82, 2.24) is 15.3 Å². The van der Waals surface area contributed by atoms with E-state index in [9.17, 15) is 9.59 Å². The largest absolute Gasteiger partial charge is 0.465 e. The fourth-order valence-corrected chi connectivity index (χ4v) is 1.72. The zero-order chi connectivity index (χ0) is 16.7. The number of anilines is 2. The average Bonchev–Trinajstić information content (AvgIpc) is 2.60. The van der Waals surface area contributed by atoms with Crippen LogP contribution in [0.4, 0.5) is 11.5 Å². The van der Waals surface area contributed by atoms with Crippen molar-refractivity contribution >= 4 is 23.4 Å². The van der Waals surface area contributed by atoms with Crippen molar-refractivity contribution in [3.8, 4) is 0 Å². The molecule has 0 unspecified atom stereocenters. The maximum absolute atomic E-state index is 11.7. The minimum Gasteiger partial charge on any atom is -0.465 e. The number of amides is 1. The Morgan fingerprint density at radius 1 is 1.22 bits per heavy atom. The number of benzene rings is 1. The summed E-state index contributed by atoms with van der Waals surface area (Å²) in [6.07, 6.45) is 4.42. The molecule has 0 radical (unpaired) electrons. The van der Waals surface area contributed by atoms with E-state index in [4.69, 9.17) is 0 Å². The number of hydrogen-bond acceptors (Lipinski definition) is 6. The van der Waals surface area contributed by atoms with E-state index in [1.165, 1.54) is 19.5 Å². The zero-order valence-electron chi connectivity index (χ0n) is 12.6. The SMILES string of the molecule is C=CCNC(=O)c1cnc(Nc2ccc(C(=O)OC)cc2)cn1. The fourth-order valence-electron chi connectivity index (χ4n) is 1.72. The second kappa shape index (κ2) is 7.69. The highest BCUT2D eigenvalue weighted by Gasteiger charge is 2.07. The predicted octanol–water partition coefficient (Wildman–Crippen LogP) is 1.92. The Balaban J connectivity index is 2.02. The summed E-state index contributed by atoms with van der Waals surface area (Å²) in [5.74, 6) is -0.228. The Labute approximate surface area is 133 Å². The first-order chi connectivity index (χ1) is 11.1. The van der Waals surface area contributed by atoms with E-state index in [1.807, 2.05) is 0 Å². The first-order valence-electron chi connectivity index (χ1n) is 6.80. The molecule has 1 aromatic heterocycles. The van der Waals surface area contributed by atoms with Crippen molar-refractivity contribution in [3.05, 3.63) is 60.6 Å². The molecule has 118 valence electrons. The predicted molar refractivity (Wildman–Crippen MR) is 85.6 cm³/mol. The molecule has 0 bridgehead atoms. The van der Waals surface area contributed by atoms with Gasteiger partial charge in [-0.05, 0) is 24.3 Å². The first kappa shape index (κ1) is 16.2. The van der Waals surface area contributed by atoms with E-state index in [1.54, 1.807) is 30.3 Å². The number of esters is 1. The second-order valence-corrected chi connectivity index (χ2v) is 4.48. The molecule has 2 aromatic rings. The lowest BCUT2D eigenvalue weighted by Gasteiger charge is -2.07. The van der Waals surface area contributed by atoms with Gasteiger partial charge in [0.1, 0.15) is 11.5 Å². The molecule has 0 aliphatic rings. The molecule has 0 spiro atoms. The van der Waals surface area contributed by atoms with Gasteiger partial charge in [0, 0.05) is 12.2 Å². The van der Waals surface area contributed by atoms with E-state index in [-0.39, 0.29) is 11.6 Å². The van der Waals surface area contributed by atoms with Crippen LogP contribution in [0.2, 0.25) is 0 Å². The molecule has 7 heteroatoms. The molecule has 2 N–H and O–H groups in total. The van der Waals surface area contributed by atoms with Gasteiger partial charge in [0.2, 0.25) is 0 Å². The maximum Gasteiger partial charge on any atom is 0.337 e. The number of nitrogens with zero attached hydrogens (tertiary/aromatic N) is 2. The molecular formula is C16H16N4O3. The highest BCUT2D eigenvalue weighted by molar-refractivity contribution is 5.92. The van der Waals surface area contributed by atoms with E-state index < -0.39 is 5.97 Å². The summed E-state index contributed by atoms with van der Waals surface area (Å²) in [7, 11) is 1.33. The fraction of sp³-hybridized carbons (Fsp3) is 0.125. The van der Waals surface area contributed by atoms with Crippen LogP contribution in [0.1, 0.15) is 20.8 Å². The van der Waals surface area contributed by atoms with E-state index in [2.05, 4.69) is 31.9 Å². The Hall–Kier alpha value is -3.22. The standard InChI is InChI=1S/C16H16N4O3/c1-3-8-17-15(21)13-9-19-14(10-18-13)20-12-6-4-11(5-7-12)16(22)23-2/h3-7,9-10H,1,8H2,2H3,(H,17,21)(H,19,20). The van der Waals surface area contributed by atoms with Gasteiger partial charge in [-0.1, -0.05) is 6.08 Å². The number of carbonyl (C=O) groups excluding carboxylic acids is 2. The van der Waals surface area contributed by atoms with Crippen molar-refractivity contribution in [2.45, 2.75) is 0 Å². The lowest BCUT2D eigenvalue weighted by molar-refractivity contribution is 0.0600. The van der Waals surface area contributed by atoms with Crippen LogP contribution < -0.4 is 10.6 Å². The monoisotopic (exact) mass is 312 g/mol. The molecule has 0 atom stereocenters. The van der Waals surface area contributed by atoms with Crippen LogP contribution in [0.3, 0.4) is 0 Å². The van der Waals surface area contributed by atoms with Gasteiger partial charge >= 0.3 is 5.97 Å². The molecular weight excluding hydrogens is 296 g/mol. The minimum atomic E-state index is -0.397. The van der Waals surface area contributed by atoms with Gasteiger partial charge in [0.15, 0.2) is 0 Å². The molecule has 0 aliphatic carbocycles. The Morgan fingerprint density at radius 3 is 2.52 bits per heavy atom. The van der Waals surface area contributed by atoms with Gasteiger partial charge in [-0.15, -0.1) is 6.58 Å². The molecule has 1 aromatic carbocycles. The van der Waals surface area contributed by atoms with Gasteiger partial charge in [0.25, 0.3) is 5.91 Å². The molecule has 0 saturated carbocycles. The van der Waals surface area contributed by atoms with Gasteiger partial charge in [0.05, 0.1) is 25.1 Å². The third kappa shape index (κ3) is 4.37. The minimum absolute atomic E-state index is 0.221. The summed E-state index contributed by atoms with van der Waals surface area (Å²) >= 11 is 0. The third-order valence-corrected chi connectivity index (χ3v) is 2.87. The molecule has 0 fully saturated rings. The molecule has 0 saturated heterocycles. The number of nitrogens with one attached hydrogen (secondary N) is 2. The number of ether oxygens (including phenoxy) is 1. The Kier molecular flexibility index (Phi) is 5.40. The number of rotatable bonds is 6. The third-order valence-electron chi connectivity index (χ3n) is 2.87. The van der Waals surface area contributed by atoms with Crippen LogP contribution in [-0.4, -0.2) is 35.5 Å². The van der Waals surface area contributed by atoms with Crippen molar-refractivity contribution in [3.63, 3.8) is 0 Å². The molecule has 23 heavy (non-hydrogen) atoms. The van der Waals surface area contributed by atoms with E-state index >= 15 is 0 Å². The highest BCUT2D eigenvalue weighted by atomic mass is 16.5. The van der Waals surface area contributed by atoms with Crippen molar-refractivity contribution in [2.24, 2.45) is 0 Å². The average molecular weight is 312 g/mol. The summed E-state index contributed by atoms with van der Waals surface area (Å²) in [6.45, 7) is 3.89. The van der Waals surface area contributed by atoms with Gasteiger partial charge < -0.3 is 15.4 Å². The summed E-state index contributed by atoms with van der Waals surface area (Å²) < 4.78 is 4.63. The number of aromatic nitrogens is 2. The van der Waals surface area contributed by atoms with Gasteiger partial charge in [-0.25, -0.2) is 14.8 Å². The molecule has 0 aliphatic heterocycles. The summed E-state index contributed by atoms with van der Waals surface area (Å²) in [5, 5.41) is 5.64. The lowest BCUT2D eigenvalue weighted by atomic mass is 10.2. The lowest BCUT2D eigenvalue weighted by Crippen LogP contribution is -2.24. The molecule has 7 nitrogen and oxygen atoms in total. The van der Waals surface area contributed by atoms with Crippen LogP contribution in [0.5, 0.6) is 0 Å². The number of carbonyl (C=O) groups is 2. The van der Waals surface area contributed by atoms with Crippen LogP contribution >= 0.6 is 0 Å². The van der Waals surface area contributed by atoms with E-state index in [0.29, 0.717) is 17.9 Å². The van der Waals surface area contributed by atoms with Gasteiger partial charge in [-0.3, -0.25) is 4.79 Å². The Morgan fingerprint density at radius 2 is 1.96 bits per heavy atom. The summed E-state index contributed by atoms with van der Waals surface area (Å²) in [5.41, 5.74) is 1.41. The van der Waals surface area contributed by atoms with Crippen molar-refractivity contribution in [2.75, 3.05) is 19.0 Å². The second-order valence-electron chi connectivity index (χ2n) is 4.48. The van der Waals surface area contributed by atoms with E-state index in [0.717, 1.165) is 5.69 Å². The number of methoxy groups -OCH3 is 1. The molecule has 2 rings (SSSR count). The normalized spacial score (nSPS) is 9.78. The first-order valence-corrected chi connectivity index (χ1v) is 6.80. The Bertz CT molecular complexity index is 696.